The van der Waals surface area contributed by atoms with E-state index < -0.39 is 0 Å². The van der Waals surface area contributed by atoms with Crippen molar-refractivity contribution in [3.63, 3.8) is 0 Å². The number of aryl methyl sites for hydroxylation is 2. The Morgan fingerprint density at radius 1 is 1.25 bits per heavy atom. The number of nitrogens with zero attached hydrogens (tertiary/aromatic N) is 4. The number of halogens is 1. The van der Waals surface area contributed by atoms with Gasteiger partial charge in [0.25, 0.3) is 0 Å². The van der Waals surface area contributed by atoms with Crippen LogP contribution in [0.3, 0.4) is 0 Å². The lowest BCUT2D eigenvalue weighted by atomic mass is 10.1. The number of aromatic nitrogens is 3. The molecule has 1 aliphatic heterocycles. The highest BCUT2D eigenvalue weighted by atomic mass is 79.9. The Morgan fingerprint density at radius 3 is 2.65 bits per heavy atom. The molecule has 0 radical (unpaired) electrons. The molecule has 20 heavy (non-hydrogen) atoms. The van der Waals surface area contributed by atoms with Gasteiger partial charge in [-0.05, 0) is 35.8 Å². The van der Waals surface area contributed by atoms with Crippen LogP contribution in [-0.4, -0.2) is 38.1 Å². The van der Waals surface area contributed by atoms with Crippen LogP contribution < -0.4 is 0 Å². The second kappa shape index (κ2) is 5.26. The summed E-state index contributed by atoms with van der Waals surface area (Å²) in [5, 5.41) is 0. The molecular weight excluding hydrogens is 320 g/mol. The zero-order valence-corrected chi connectivity index (χ0v) is 13.3. The van der Waals surface area contributed by atoms with Crippen molar-refractivity contribution in [1.82, 2.24) is 19.3 Å². The third kappa shape index (κ3) is 2.50. The average molecular weight is 337 g/mol. The summed E-state index contributed by atoms with van der Waals surface area (Å²) in [5.41, 5.74) is 3.08. The van der Waals surface area contributed by atoms with Gasteiger partial charge in [0.05, 0.1) is 5.69 Å². The molecule has 2 aromatic heterocycles. The summed E-state index contributed by atoms with van der Waals surface area (Å²) in [4.78, 5) is 22.7. The molecule has 0 atom stereocenters. The molecule has 3 heterocycles. The molecule has 1 fully saturated rings. The van der Waals surface area contributed by atoms with Crippen molar-refractivity contribution in [3.05, 3.63) is 27.8 Å². The van der Waals surface area contributed by atoms with E-state index in [2.05, 4.69) is 37.7 Å². The summed E-state index contributed by atoms with van der Waals surface area (Å²) in [5.74, 6) is 1.10. The Balaban J connectivity index is 1.90. The molecule has 5 nitrogen and oxygen atoms in total. The highest BCUT2D eigenvalue weighted by Gasteiger charge is 2.20. The van der Waals surface area contributed by atoms with Crippen LogP contribution in [0.25, 0.3) is 5.78 Å². The SMILES string of the molecule is Cc1cc(C)n2c(Br)c(CN3CCC(=O)CC3)nc2n1. The third-order valence-electron chi connectivity index (χ3n) is 3.70. The van der Waals surface area contributed by atoms with Crippen LogP contribution in [0.2, 0.25) is 0 Å². The van der Waals surface area contributed by atoms with Gasteiger partial charge in [0.15, 0.2) is 0 Å². The molecule has 0 saturated carbocycles. The Hall–Kier alpha value is -1.27. The summed E-state index contributed by atoms with van der Waals surface area (Å²) in [7, 11) is 0. The van der Waals surface area contributed by atoms with Crippen LogP contribution in [0.15, 0.2) is 10.7 Å². The second-order valence-corrected chi connectivity index (χ2v) is 6.09. The van der Waals surface area contributed by atoms with Crippen molar-refractivity contribution >= 4 is 27.5 Å². The van der Waals surface area contributed by atoms with Gasteiger partial charge in [-0.3, -0.25) is 14.1 Å². The molecule has 0 spiro atoms. The highest BCUT2D eigenvalue weighted by Crippen LogP contribution is 2.22. The number of imidazole rings is 1. The maximum Gasteiger partial charge on any atom is 0.235 e. The number of piperidine rings is 1. The molecule has 106 valence electrons. The fourth-order valence-electron chi connectivity index (χ4n) is 2.65. The first-order chi connectivity index (χ1) is 9.54. The minimum atomic E-state index is 0.364. The van der Waals surface area contributed by atoms with E-state index in [1.54, 1.807) is 0 Å². The standard InChI is InChI=1S/C14H17BrN4O/c1-9-7-10(2)19-13(15)12(17-14(19)16-9)8-18-5-3-11(20)4-6-18/h7H,3-6,8H2,1-2H3. The normalized spacial score (nSPS) is 17.1. The van der Waals surface area contributed by atoms with Gasteiger partial charge in [-0.2, -0.15) is 0 Å². The number of carbonyl (C=O) groups excluding carboxylic acids is 1. The first-order valence-electron chi connectivity index (χ1n) is 6.80. The van der Waals surface area contributed by atoms with Crippen molar-refractivity contribution < 1.29 is 4.79 Å². The summed E-state index contributed by atoms with van der Waals surface area (Å²) in [6, 6.07) is 2.04. The lowest BCUT2D eigenvalue weighted by Gasteiger charge is -2.24. The van der Waals surface area contributed by atoms with Gasteiger partial charge in [-0.15, -0.1) is 0 Å². The number of likely N-dealkylation sites (tertiary alicyclic amines) is 1. The lowest BCUT2D eigenvalue weighted by Crippen LogP contribution is -2.33. The molecule has 2 aromatic rings. The Kier molecular flexibility index (Phi) is 3.60. The van der Waals surface area contributed by atoms with Crippen molar-refractivity contribution in [2.24, 2.45) is 0 Å². The minimum Gasteiger partial charge on any atom is -0.300 e. The van der Waals surface area contributed by atoms with Crippen LogP contribution in [-0.2, 0) is 11.3 Å². The van der Waals surface area contributed by atoms with Crippen LogP contribution in [0.1, 0.15) is 29.9 Å². The number of rotatable bonds is 2. The highest BCUT2D eigenvalue weighted by molar-refractivity contribution is 9.10. The molecule has 1 saturated heterocycles. The Labute approximate surface area is 126 Å². The monoisotopic (exact) mass is 336 g/mol. The maximum absolute atomic E-state index is 11.3. The predicted molar refractivity (Wildman–Crippen MR) is 79.7 cm³/mol. The second-order valence-electron chi connectivity index (χ2n) is 5.34. The fourth-order valence-corrected chi connectivity index (χ4v) is 3.30. The topological polar surface area (TPSA) is 50.5 Å². The zero-order chi connectivity index (χ0) is 14.3. The summed E-state index contributed by atoms with van der Waals surface area (Å²) < 4.78 is 2.99. The number of fused-ring (bicyclic) bond motifs is 1. The summed E-state index contributed by atoms with van der Waals surface area (Å²) >= 11 is 3.63. The number of Topliss-reactive ketones (excluding diaryl/α,β-unsaturated/α-hetero) is 1. The van der Waals surface area contributed by atoms with Crippen molar-refractivity contribution in [3.8, 4) is 0 Å². The van der Waals surface area contributed by atoms with Gasteiger partial charge < -0.3 is 0 Å². The molecule has 0 aromatic carbocycles. The number of hydrogen-bond acceptors (Lipinski definition) is 4. The van der Waals surface area contributed by atoms with E-state index in [1.165, 1.54) is 0 Å². The quantitative estimate of drug-likeness (QED) is 0.844. The molecule has 0 unspecified atom stereocenters. The lowest BCUT2D eigenvalue weighted by molar-refractivity contribution is -0.121. The first kappa shape index (κ1) is 13.7. The summed E-state index contributed by atoms with van der Waals surface area (Å²) in [6.45, 7) is 6.44. The van der Waals surface area contributed by atoms with Gasteiger partial charge in [-0.1, -0.05) is 0 Å². The maximum atomic E-state index is 11.3. The van der Waals surface area contributed by atoms with Crippen molar-refractivity contribution in [2.75, 3.05) is 13.1 Å². The minimum absolute atomic E-state index is 0.364. The molecule has 0 bridgehead atoms. The number of hydrogen-bond donors (Lipinski definition) is 0. The van der Waals surface area contributed by atoms with Gasteiger partial charge in [0, 0.05) is 43.9 Å². The Morgan fingerprint density at radius 2 is 1.95 bits per heavy atom. The molecule has 6 heteroatoms. The molecular formula is C14H17BrN4O. The van der Waals surface area contributed by atoms with E-state index in [9.17, 15) is 4.79 Å². The smallest absolute Gasteiger partial charge is 0.235 e. The molecule has 0 amide bonds. The van der Waals surface area contributed by atoms with Crippen LogP contribution in [0.5, 0.6) is 0 Å². The van der Waals surface area contributed by atoms with Crippen LogP contribution in [0.4, 0.5) is 0 Å². The van der Waals surface area contributed by atoms with Crippen molar-refractivity contribution in [2.45, 2.75) is 33.2 Å². The van der Waals surface area contributed by atoms with E-state index >= 15 is 0 Å². The van der Waals surface area contributed by atoms with Gasteiger partial charge >= 0.3 is 0 Å². The molecule has 0 N–H and O–H groups in total. The average Bonchev–Trinajstić information content (AvgIpc) is 2.69. The third-order valence-corrected chi connectivity index (χ3v) is 4.52. The fraction of sp³-hybridized carbons (Fsp3) is 0.500. The van der Waals surface area contributed by atoms with Crippen LogP contribution in [0, 0.1) is 13.8 Å². The van der Waals surface area contributed by atoms with E-state index in [0.29, 0.717) is 18.6 Å². The first-order valence-corrected chi connectivity index (χ1v) is 7.59. The van der Waals surface area contributed by atoms with Crippen molar-refractivity contribution in [1.29, 1.82) is 0 Å². The van der Waals surface area contributed by atoms with Gasteiger partial charge in [0.2, 0.25) is 5.78 Å². The number of carbonyl (C=O) groups is 1. The molecule has 0 aliphatic carbocycles. The predicted octanol–water partition coefficient (Wildman–Crippen LogP) is 2.27. The largest absolute Gasteiger partial charge is 0.300 e. The van der Waals surface area contributed by atoms with E-state index in [4.69, 9.17) is 0 Å². The van der Waals surface area contributed by atoms with Crippen LogP contribution >= 0.6 is 15.9 Å². The van der Waals surface area contributed by atoms with E-state index in [1.807, 2.05) is 17.4 Å². The molecule has 1 aliphatic rings. The van der Waals surface area contributed by atoms with Gasteiger partial charge in [0.1, 0.15) is 10.4 Å². The zero-order valence-electron chi connectivity index (χ0n) is 11.7. The van der Waals surface area contributed by atoms with E-state index in [0.717, 1.165) is 47.1 Å². The number of ketones is 1. The van der Waals surface area contributed by atoms with E-state index in [-0.39, 0.29) is 0 Å². The summed E-state index contributed by atoms with van der Waals surface area (Å²) in [6.07, 6.45) is 1.31. The molecule has 3 rings (SSSR count). The Bertz CT molecular complexity index is 669. The van der Waals surface area contributed by atoms with Gasteiger partial charge in [-0.25, -0.2) is 9.97 Å².